The van der Waals surface area contributed by atoms with E-state index < -0.39 is 0 Å². The zero-order valence-corrected chi connectivity index (χ0v) is 12.7. The van der Waals surface area contributed by atoms with E-state index in [1.807, 2.05) is 0 Å². The van der Waals surface area contributed by atoms with Gasteiger partial charge in [0.1, 0.15) is 5.54 Å². The van der Waals surface area contributed by atoms with Crippen LogP contribution in [0, 0.1) is 17.2 Å². The summed E-state index contributed by atoms with van der Waals surface area (Å²) in [6.45, 7) is 5.34. The number of nitrogens with zero attached hydrogens (tertiary/aromatic N) is 2. The van der Waals surface area contributed by atoms with Crippen LogP contribution >= 0.6 is 0 Å². The van der Waals surface area contributed by atoms with E-state index in [0.717, 1.165) is 25.8 Å². The normalized spacial score (nSPS) is 32.4. The minimum Gasteiger partial charge on any atom is -0.357 e. The van der Waals surface area contributed by atoms with Crippen molar-refractivity contribution in [3.05, 3.63) is 35.5 Å². The van der Waals surface area contributed by atoms with E-state index in [-0.39, 0.29) is 5.54 Å². The zero-order chi connectivity index (χ0) is 14.6. The van der Waals surface area contributed by atoms with Crippen LogP contribution in [0.3, 0.4) is 0 Å². The second-order valence-corrected chi connectivity index (χ2v) is 6.76. The van der Waals surface area contributed by atoms with Crippen LogP contribution in [0.15, 0.2) is 24.3 Å². The lowest BCUT2D eigenvalue weighted by molar-refractivity contribution is 0.000724. The van der Waals surface area contributed by atoms with Gasteiger partial charge in [0, 0.05) is 23.1 Å². The van der Waals surface area contributed by atoms with E-state index in [1.165, 1.54) is 22.2 Å². The third kappa shape index (κ3) is 1.63. The highest BCUT2D eigenvalue weighted by Crippen LogP contribution is 2.47. The number of hydrogen-bond acceptors (Lipinski definition) is 2. The van der Waals surface area contributed by atoms with Gasteiger partial charge < -0.3 is 4.98 Å². The summed E-state index contributed by atoms with van der Waals surface area (Å²) in [5.74, 6) is 0.435. The van der Waals surface area contributed by atoms with Crippen molar-refractivity contribution in [3.8, 4) is 6.07 Å². The smallest absolute Gasteiger partial charge is 0.109 e. The van der Waals surface area contributed by atoms with Crippen LogP contribution in [-0.4, -0.2) is 22.0 Å². The Morgan fingerprint density at radius 1 is 1.33 bits per heavy atom. The molecule has 1 aromatic heterocycles. The minimum atomic E-state index is -0.335. The van der Waals surface area contributed by atoms with E-state index in [1.54, 1.807) is 0 Å². The van der Waals surface area contributed by atoms with Crippen LogP contribution < -0.4 is 0 Å². The Balaban J connectivity index is 1.85. The van der Waals surface area contributed by atoms with Gasteiger partial charge in [0.15, 0.2) is 0 Å². The summed E-state index contributed by atoms with van der Waals surface area (Å²) >= 11 is 0. The van der Waals surface area contributed by atoms with Gasteiger partial charge >= 0.3 is 0 Å². The fourth-order valence-electron chi connectivity index (χ4n) is 4.32. The number of nitriles is 1. The number of benzene rings is 1. The van der Waals surface area contributed by atoms with Crippen LogP contribution in [0.1, 0.15) is 44.0 Å². The van der Waals surface area contributed by atoms with Crippen LogP contribution in [-0.2, 0) is 6.42 Å². The summed E-state index contributed by atoms with van der Waals surface area (Å²) < 4.78 is 0. The number of rotatable bonds is 0. The number of nitrogens with one attached hydrogen (secondary N) is 1. The van der Waals surface area contributed by atoms with Crippen molar-refractivity contribution in [2.24, 2.45) is 5.92 Å². The van der Waals surface area contributed by atoms with Gasteiger partial charge in [-0.2, -0.15) is 5.26 Å². The second kappa shape index (κ2) is 4.35. The predicted molar refractivity (Wildman–Crippen MR) is 83.9 cm³/mol. The summed E-state index contributed by atoms with van der Waals surface area (Å²) in [6.07, 6.45) is 3.32. The van der Waals surface area contributed by atoms with Crippen LogP contribution in [0.5, 0.6) is 0 Å². The van der Waals surface area contributed by atoms with Gasteiger partial charge in [-0.15, -0.1) is 0 Å². The number of hydrogen-bond donors (Lipinski definition) is 1. The summed E-state index contributed by atoms with van der Waals surface area (Å²) in [4.78, 5) is 6.08. The maximum atomic E-state index is 9.75. The molecule has 2 aliphatic heterocycles. The number of fused-ring (bicyclic) bond motifs is 5. The van der Waals surface area contributed by atoms with Crippen molar-refractivity contribution in [3.63, 3.8) is 0 Å². The van der Waals surface area contributed by atoms with Gasteiger partial charge in [-0.05, 0) is 43.7 Å². The SMILES string of the molecule is C[C@H]1CC[C@@H]2c3[nH]c4ccccc4c3CCN2[C@@]1(C)C#N. The maximum absolute atomic E-state index is 9.75. The molecule has 3 heteroatoms. The third-order valence-electron chi connectivity index (χ3n) is 5.81. The fourth-order valence-corrected chi connectivity index (χ4v) is 4.32. The van der Waals surface area contributed by atoms with Crippen molar-refractivity contribution >= 4 is 10.9 Å². The highest BCUT2D eigenvalue weighted by Gasteiger charge is 2.47. The van der Waals surface area contributed by atoms with Crippen LogP contribution in [0.4, 0.5) is 0 Å². The van der Waals surface area contributed by atoms with Crippen molar-refractivity contribution in [1.29, 1.82) is 5.26 Å². The van der Waals surface area contributed by atoms with E-state index in [0.29, 0.717) is 12.0 Å². The Morgan fingerprint density at radius 2 is 2.14 bits per heavy atom. The fraction of sp³-hybridized carbons (Fsp3) is 0.500. The maximum Gasteiger partial charge on any atom is 0.109 e. The topological polar surface area (TPSA) is 42.8 Å². The standard InChI is InChI=1S/C18H21N3/c1-12-7-8-16-17-14(9-10-21(16)18(12,2)11-19)13-5-3-4-6-15(13)20-17/h3-6,12,16,20H,7-10H2,1-2H3/t12-,16+,18-/m0/s1. The molecule has 0 radical (unpaired) electrons. The Hall–Kier alpha value is -1.79. The van der Waals surface area contributed by atoms with Crippen molar-refractivity contribution in [1.82, 2.24) is 9.88 Å². The van der Waals surface area contributed by atoms with E-state index in [2.05, 4.69) is 54.1 Å². The molecule has 1 N–H and O–H groups in total. The molecule has 4 rings (SSSR count). The lowest BCUT2D eigenvalue weighted by Gasteiger charge is -2.51. The number of aromatic nitrogens is 1. The van der Waals surface area contributed by atoms with Crippen molar-refractivity contribution in [2.75, 3.05) is 6.54 Å². The molecule has 1 aromatic carbocycles. The molecule has 21 heavy (non-hydrogen) atoms. The van der Waals surface area contributed by atoms with Gasteiger partial charge in [-0.1, -0.05) is 25.1 Å². The number of piperidine rings is 1. The van der Waals surface area contributed by atoms with Crippen LogP contribution in [0.25, 0.3) is 10.9 Å². The second-order valence-electron chi connectivity index (χ2n) is 6.76. The molecular weight excluding hydrogens is 258 g/mol. The molecule has 0 unspecified atom stereocenters. The van der Waals surface area contributed by atoms with Gasteiger partial charge in [0.2, 0.25) is 0 Å². The average Bonchev–Trinajstić information content (AvgIpc) is 2.89. The molecule has 2 aliphatic rings. The monoisotopic (exact) mass is 279 g/mol. The Bertz CT molecular complexity index is 738. The molecule has 108 valence electrons. The quantitative estimate of drug-likeness (QED) is 0.797. The summed E-state index contributed by atoms with van der Waals surface area (Å²) in [6, 6.07) is 11.6. The Morgan fingerprint density at radius 3 is 2.95 bits per heavy atom. The Kier molecular flexibility index (Phi) is 2.68. The molecule has 0 spiro atoms. The lowest BCUT2D eigenvalue weighted by Crippen LogP contribution is -2.56. The van der Waals surface area contributed by atoms with Crippen LogP contribution in [0.2, 0.25) is 0 Å². The largest absolute Gasteiger partial charge is 0.357 e. The van der Waals surface area contributed by atoms with Gasteiger partial charge in [-0.25, -0.2) is 0 Å². The van der Waals surface area contributed by atoms with Gasteiger partial charge in [-0.3, -0.25) is 4.90 Å². The first kappa shape index (κ1) is 12.9. The number of H-pyrrole nitrogens is 1. The molecule has 2 aromatic rings. The summed E-state index contributed by atoms with van der Waals surface area (Å²) in [5.41, 5.74) is 3.73. The molecule has 1 fully saturated rings. The number of para-hydroxylation sites is 1. The van der Waals surface area contributed by atoms with E-state index in [9.17, 15) is 5.26 Å². The molecule has 0 bridgehead atoms. The lowest BCUT2D eigenvalue weighted by atomic mass is 9.74. The summed E-state index contributed by atoms with van der Waals surface area (Å²) in [5, 5.41) is 11.1. The molecule has 3 heterocycles. The number of aromatic amines is 1. The van der Waals surface area contributed by atoms with Gasteiger partial charge in [0.05, 0.1) is 12.1 Å². The zero-order valence-electron chi connectivity index (χ0n) is 12.7. The molecule has 3 atom stereocenters. The van der Waals surface area contributed by atoms with E-state index >= 15 is 0 Å². The molecule has 0 saturated carbocycles. The minimum absolute atomic E-state index is 0.335. The van der Waals surface area contributed by atoms with E-state index in [4.69, 9.17) is 0 Å². The first-order chi connectivity index (χ1) is 10.1. The highest BCUT2D eigenvalue weighted by molar-refractivity contribution is 5.85. The van der Waals surface area contributed by atoms with Gasteiger partial charge in [0.25, 0.3) is 0 Å². The van der Waals surface area contributed by atoms with Crippen molar-refractivity contribution < 1.29 is 0 Å². The summed E-state index contributed by atoms with van der Waals surface area (Å²) in [7, 11) is 0. The highest BCUT2D eigenvalue weighted by atomic mass is 15.3. The third-order valence-corrected chi connectivity index (χ3v) is 5.81. The molecular formula is C18H21N3. The first-order valence-corrected chi connectivity index (χ1v) is 7.92. The molecule has 0 aliphatic carbocycles. The molecule has 3 nitrogen and oxygen atoms in total. The average molecular weight is 279 g/mol. The molecule has 1 saturated heterocycles. The molecule has 0 amide bonds. The van der Waals surface area contributed by atoms with Crippen molar-refractivity contribution in [2.45, 2.75) is 44.7 Å². The Labute approximate surface area is 125 Å². The predicted octanol–water partition coefficient (Wildman–Crippen LogP) is 3.78. The first-order valence-electron chi connectivity index (χ1n) is 7.92.